The third kappa shape index (κ3) is 1.86. The molecule has 0 bridgehead atoms. The summed E-state index contributed by atoms with van der Waals surface area (Å²) >= 11 is 0. The zero-order valence-electron chi connectivity index (χ0n) is 10.0. The van der Waals surface area contributed by atoms with Crippen LogP contribution in [0.5, 0.6) is 0 Å². The summed E-state index contributed by atoms with van der Waals surface area (Å²) in [6.45, 7) is 1.91. The molecule has 1 aliphatic carbocycles. The number of benzene rings is 1. The molecule has 3 rings (SSSR count). The molecule has 0 saturated heterocycles. The molecule has 88 valence electrons. The first-order valence-corrected chi connectivity index (χ1v) is 6.17. The van der Waals surface area contributed by atoms with Gasteiger partial charge in [0.05, 0.1) is 5.69 Å². The number of hydrogen-bond acceptors (Lipinski definition) is 3. The predicted molar refractivity (Wildman–Crippen MR) is 68.9 cm³/mol. The van der Waals surface area contributed by atoms with Crippen molar-refractivity contribution in [1.82, 2.24) is 0 Å². The summed E-state index contributed by atoms with van der Waals surface area (Å²) < 4.78 is 5.70. The Morgan fingerprint density at radius 1 is 1.18 bits per heavy atom. The first kappa shape index (κ1) is 10.5. The van der Waals surface area contributed by atoms with Crippen LogP contribution in [0, 0.1) is 0 Å². The maximum absolute atomic E-state index is 5.70. The molecule has 0 N–H and O–H groups in total. The van der Waals surface area contributed by atoms with Gasteiger partial charge in [-0.15, -0.1) is 0 Å². The fourth-order valence-electron chi connectivity index (χ4n) is 2.64. The number of aliphatic imine (C=N–C) groups is 2. The van der Waals surface area contributed by atoms with E-state index >= 15 is 0 Å². The first-order chi connectivity index (χ1) is 8.28. The lowest BCUT2D eigenvalue weighted by Gasteiger charge is -2.17. The highest BCUT2D eigenvalue weighted by Crippen LogP contribution is 2.39. The fourth-order valence-corrected chi connectivity index (χ4v) is 2.64. The van der Waals surface area contributed by atoms with Gasteiger partial charge in [0.25, 0.3) is 0 Å². The Morgan fingerprint density at radius 3 is 2.59 bits per heavy atom. The van der Waals surface area contributed by atoms with Crippen LogP contribution in [0.1, 0.15) is 32.6 Å². The Bertz CT molecular complexity index is 470. The Hall–Kier alpha value is -1.64. The van der Waals surface area contributed by atoms with Crippen molar-refractivity contribution in [2.45, 2.75) is 38.1 Å². The van der Waals surface area contributed by atoms with Crippen molar-refractivity contribution in [2.24, 2.45) is 9.98 Å². The second kappa shape index (κ2) is 3.99. The summed E-state index contributed by atoms with van der Waals surface area (Å²) in [6, 6.07) is 9.96. The normalized spacial score (nSPS) is 24.1. The van der Waals surface area contributed by atoms with E-state index in [1.165, 1.54) is 12.8 Å². The SMILES string of the molecule is CC1=NC2(CCCC2)C(=Nc2ccccc2)O1. The van der Waals surface area contributed by atoms with E-state index < -0.39 is 0 Å². The number of rotatable bonds is 1. The van der Waals surface area contributed by atoms with Gasteiger partial charge >= 0.3 is 0 Å². The monoisotopic (exact) mass is 228 g/mol. The standard InChI is InChI=1S/C14H16N2O/c1-11-16-14(9-5-6-10-14)13(17-11)15-12-7-3-2-4-8-12/h2-4,7-8H,5-6,9-10H2,1H3. The van der Waals surface area contributed by atoms with E-state index in [-0.39, 0.29) is 5.54 Å². The fraction of sp³-hybridized carbons (Fsp3) is 0.429. The molecule has 1 aromatic carbocycles. The molecule has 1 saturated carbocycles. The van der Waals surface area contributed by atoms with Crippen LogP contribution in [-0.2, 0) is 4.74 Å². The van der Waals surface area contributed by atoms with Crippen LogP contribution in [0.3, 0.4) is 0 Å². The molecular weight excluding hydrogens is 212 g/mol. The molecule has 17 heavy (non-hydrogen) atoms. The van der Waals surface area contributed by atoms with Gasteiger partial charge in [-0.05, 0) is 25.0 Å². The zero-order chi connectivity index (χ0) is 11.7. The zero-order valence-corrected chi connectivity index (χ0v) is 10.0. The van der Waals surface area contributed by atoms with Gasteiger partial charge in [0.15, 0.2) is 5.90 Å². The lowest BCUT2D eigenvalue weighted by molar-refractivity contribution is 0.499. The highest BCUT2D eigenvalue weighted by Gasteiger charge is 2.44. The van der Waals surface area contributed by atoms with Gasteiger partial charge in [-0.2, -0.15) is 0 Å². The highest BCUT2D eigenvalue weighted by atomic mass is 16.5. The molecule has 0 aromatic heterocycles. The third-order valence-corrected chi connectivity index (χ3v) is 3.43. The average molecular weight is 228 g/mol. The number of hydrogen-bond donors (Lipinski definition) is 0. The van der Waals surface area contributed by atoms with Crippen molar-refractivity contribution in [3.63, 3.8) is 0 Å². The number of para-hydroxylation sites is 1. The van der Waals surface area contributed by atoms with E-state index in [0.717, 1.165) is 30.3 Å². The molecule has 1 aliphatic heterocycles. The minimum Gasteiger partial charge on any atom is -0.427 e. The van der Waals surface area contributed by atoms with Crippen LogP contribution in [0.4, 0.5) is 5.69 Å². The molecule has 3 heteroatoms. The van der Waals surface area contributed by atoms with E-state index in [1.54, 1.807) is 0 Å². The van der Waals surface area contributed by atoms with Crippen molar-refractivity contribution in [2.75, 3.05) is 0 Å². The van der Waals surface area contributed by atoms with Gasteiger partial charge in [0.1, 0.15) is 5.54 Å². The molecule has 2 aliphatic rings. The molecule has 1 fully saturated rings. The summed E-state index contributed by atoms with van der Waals surface area (Å²) in [4.78, 5) is 9.28. The molecule has 1 aromatic rings. The maximum atomic E-state index is 5.70. The predicted octanol–water partition coefficient (Wildman–Crippen LogP) is 3.48. The second-order valence-electron chi connectivity index (χ2n) is 4.72. The van der Waals surface area contributed by atoms with Gasteiger partial charge in [-0.3, -0.25) is 0 Å². The average Bonchev–Trinajstić information content (AvgIpc) is 2.90. The molecule has 1 spiro atoms. The lowest BCUT2D eigenvalue weighted by Crippen LogP contribution is -2.30. The molecule has 3 nitrogen and oxygen atoms in total. The molecule has 0 radical (unpaired) electrons. The van der Waals surface area contributed by atoms with Crippen LogP contribution in [0.2, 0.25) is 0 Å². The van der Waals surface area contributed by atoms with Crippen LogP contribution < -0.4 is 0 Å². The van der Waals surface area contributed by atoms with Crippen LogP contribution in [0.25, 0.3) is 0 Å². The van der Waals surface area contributed by atoms with E-state index in [2.05, 4.69) is 9.98 Å². The van der Waals surface area contributed by atoms with Gasteiger partial charge in [0.2, 0.25) is 5.90 Å². The molecule has 1 heterocycles. The van der Waals surface area contributed by atoms with E-state index in [1.807, 2.05) is 37.3 Å². The summed E-state index contributed by atoms with van der Waals surface area (Å²) in [5.41, 5.74) is 0.790. The quantitative estimate of drug-likeness (QED) is 0.724. The second-order valence-corrected chi connectivity index (χ2v) is 4.72. The van der Waals surface area contributed by atoms with Gasteiger partial charge in [-0.1, -0.05) is 31.0 Å². The summed E-state index contributed by atoms with van der Waals surface area (Å²) in [7, 11) is 0. The van der Waals surface area contributed by atoms with E-state index in [4.69, 9.17) is 4.74 Å². The molecular formula is C14H16N2O. The van der Waals surface area contributed by atoms with Crippen LogP contribution in [-0.4, -0.2) is 17.3 Å². The third-order valence-electron chi connectivity index (χ3n) is 3.43. The van der Waals surface area contributed by atoms with Crippen molar-refractivity contribution >= 4 is 17.5 Å². The topological polar surface area (TPSA) is 34.0 Å². The first-order valence-electron chi connectivity index (χ1n) is 6.17. The Morgan fingerprint density at radius 2 is 1.88 bits per heavy atom. The van der Waals surface area contributed by atoms with Crippen molar-refractivity contribution in [3.8, 4) is 0 Å². The smallest absolute Gasteiger partial charge is 0.224 e. The van der Waals surface area contributed by atoms with Crippen LogP contribution >= 0.6 is 0 Å². The van der Waals surface area contributed by atoms with Crippen molar-refractivity contribution in [3.05, 3.63) is 30.3 Å². The number of ether oxygens (including phenoxy) is 1. The molecule has 0 unspecified atom stereocenters. The minimum atomic E-state index is -0.153. The summed E-state index contributed by atoms with van der Waals surface area (Å²) in [5.74, 6) is 1.54. The molecule has 0 amide bonds. The Labute approximate surface area is 101 Å². The maximum Gasteiger partial charge on any atom is 0.224 e. The summed E-state index contributed by atoms with van der Waals surface area (Å²) in [6.07, 6.45) is 4.56. The highest BCUT2D eigenvalue weighted by molar-refractivity contribution is 6.03. The summed E-state index contributed by atoms with van der Waals surface area (Å²) in [5, 5.41) is 0. The largest absolute Gasteiger partial charge is 0.427 e. The minimum absolute atomic E-state index is 0.153. The van der Waals surface area contributed by atoms with Gasteiger partial charge in [-0.25, -0.2) is 9.98 Å². The van der Waals surface area contributed by atoms with Crippen LogP contribution in [0.15, 0.2) is 40.3 Å². The lowest BCUT2D eigenvalue weighted by atomic mass is 9.99. The molecule has 0 atom stereocenters. The van der Waals surface area contributed by atoms with E-state index in [9.17, 15) is 0 Å². The van der Waals surface area contributed by atoms with Gasteiger partial charge < -0.3 is 4.74 Å². The van der Waals surface area contributed by atoms with E-state index in [0.29, 0.717) is 0 Å². The van der Waals surface area contributed by atoms with Crippen molar-refractivity contribution in [1.29, 1.82) is 0 Å². The van der Waals surface area contributed by atoms with Crippen molar-refractivity contribution < 1.29 is 4.74 Å². The number of nitrogens with zero attached hydrogens (tertiary/aromatic N) is 2. The Balaban J connectivity index is 1.96. The Kier molecular flexibility index (Phi) is 2.46. The van der Waals surface area contributed by atoms with Gasteiger partial charge in [0, 0.05) is 6.92 Å².